The average Bonchev–Trinajstić information content (AvgIpc) is 3.40. The van der Waals surface area contributed by atoms with E-state index in [0.29, 0.717) is 35.6 Å². The molecule has 30 heavy (non-hydrogen) atoms. The summed E-state index contributed by atoms with van der Waals surface area (Å²) in [5.41, 5.74) is 7.91. The van der Waals surface area contributed by atoms with Gasteiger partial charge in [0.25, 0.3) is 0 Å². The number of nitrogens with zero attached hydrogens (tertiary/aromatic N) is 6. The van der Waals surface area contributed by atoms with E-state index in [0.717, 1.165) is 5.56 Å². The fourth-order valence-corrected chi connectivity index (χ4v) is 2.87. The number of nitrogens with two attached hydrogens (primary N) is 1. The van der Waals surface area contributed by atoms with E-state index in [2.05, 4.69) is 20.2 Å². The summed E-state index contributed by atoms with van der Waals surface area (Å²) in [5, 5.41) is 18.5. The van der Waals surface area contributed by atoms with Gasteiger partial charge in [0.2, 0.25) is 11.8 Å². The molecule has 0 fully saturated rings. The smallest absolute Gasteiger partial charge is 0.335 e. The van der Waals surface area contributed by atoms with Crippen LogP contribution in [0.25, 0.3) is 22.6 Å². The average molecular weight is 405 g/mol. The molecular weight excluding hydrogens is 386 g/mol. The SMILES string of the molecule is Cn1nc(-c2ccco2)ncc2cnn(CCc3ccc(C(=O)O)cc3)c2nc1N. The van der Waals surface area contributed by atoms with Crippen molar-refractivity contribution in [3.63, 3.8) is 0 Å². The molecule has 0 aliphatic rings. The highest BCUT2D eigenvalue weighted by molar-refractivity contribution is 5.87. The topological polar surface area (TPSA) is 138 Å². The normalized spacial score (nSPS) is 10.8. The number of benzene rings is 1. The quantitative estimate of drug-likeness (QED) is 0.516. The van der Waals surface area contributed by atoms with Crippen molar-refractivity contribution in [3.8, 4) is 11.6 Å². The Morgan fingerprint density at radius 2 is 2.00 bits per heavy atom. The number of nitrogen functional groups attached to an aromatic ring is 1. The minimum absolute atomic E-state index is 0.179. The van der Waals surface area contributed by atoms with Crippen molar-refractivity contribution in [1.29, 1.82) is 0 Å². The van der Waals surface area contributed by atoms with Gasteiger partial charge < -0.3 is 15.3 Å². The highest BCUT2D eigenvalue weighted by Crippen LogP contribution is 2.15. The van der Waals surface area contributed by atoms with Crippen LogP contribution >= 0.6 is 0 Å². The van der Waals surface area contributed by atoms with E-state index < -0.39 is 5.97 Å². The molecule has 0 spiro atoms. The van der Waals surface area contributed by atoms with E-state index >= 15 is 0 Å². The molecule has 3 heterocycles. The van der Waals surface area contributed by atoms with Crippen LogP contribution in [0.15, 0.2) is 59.5 Å². The molecule has 0 radical (unpaired) electrons. The lowest BCUT2D eigenvalue weighted by Crippen LogP contribution is -2.08. The van der Waals surface area contributed by atoms with Gasteiger partial charge in [0.1, 0.15) is 0 Å². The first-order valence-corrected chi connectivity index (χ1v) is 9.14. The second-order valence-electron chi connectivity index (χ2n) is 6.55. The maximum absolute atomic E-state index is 11.0. The van der Waals surface area contributed by atoms with E-state index in [1.807, 2.05) is 0 Å². The number of rotatable bonds is 5. The van der Waals surface area contributed by atoms with Gasteiger partial charge in [-0.2, -0.15) is 10.1 Å². The van der Waals surface area contributed by atoms with Gasteiger partial charge in [0.05, 0.1) is 23.4 Å². The second-order valence-corrected chi connectivity index (χ2v) is 6.55. The van der Waals surface area contributed by atoms with Crippen molar-refractivity contribution in [2.45, 2.75) is 13.0 Å². The zero-order chi connectivity index (χ0) is 21.1. The van der Waals surface area contributed by atoms with Gasteiger partial charge in [-0.1, -0.05) is 12.1 Å². The van der Waals surface area contributed by atoms with Crippen LogP contribution in [0.2, 0.25) is 0 Å². The molecule has 10 nitrogen and oxygen atoms in total. The number of carbonyl (C=O) groups is 1. The zero-order valence-corrected chi connectivity index (χ0v) is 16.1. The lowest BCUT2D eigenvalue weighted by atomic mass is 10.1. The Balaban J connectivity index is 1.69. The summed E-state index contributed by atoms with van der Waals surface area (Å²) in [6, 6.07) is 10.3. The Hall–Kier alpha value is -4.21. The van der Waals surface area contributed by atoms with Gasteiger partial charge in [0.15, 0.2) is 11.4 Å². The predicted octanol–water partition coefficient (Wildman–Crippen LogP) is 2.47. The van der Waals surface area contributed by atoms with Crippen molar-refractivity contribution >= 4 is 23.0 Å². The number of carboxylic acids is 1. The highest BCUT2D eigenvalue weighted by Gasteiger charge is 2.08. The summed E-state index contributed by atoms with van der Waals surface area (Å²) in [4.78, 5) is 19.9. The summed E-state index contributed by atoms with van der Waals surface area (Å²) in [6.07, 6.45) is 5.47. The van der Waals surface area contributed by atoms with Gasteiger partial charge in [-0.05, 0) is 36.2 Å². The van der Waals surface area contributed by atoms with Gasteiger partial charge in [-0.3, -0.25) is 0 Å². The number of fused-ring (bicyclic) bond motifs is 1. The molecule has 3 aromatic heterocycles. The van der Waals surface area contributed by atoms with E-state index in [4.69, 9.17) is 15.3 Å². The van der Waals surface area contributed by atoms with Crippen molar-refractivity contribution in [3.05, 3.63) is 66.2 Å². The molecular formula is C20H19N7O3. The molecule has 10 heteroatoms. The third kappa shape index (κ3) is 3.97. The first-order chi connectivity index (χ1) is 14.5. The van der Waals surface area contributed by atoms with Crippen molar-refractivity contribution in [2.75, 3.05) is 5.73 Å². The number of anilines is 1. The summed E-state index contributed by atoms with van der Waals surface area (Å²) in [7, 11) is 1.67. The summed E-state index contributed by atoms with van der Waals surface area (Å²) < 4.78 is 8.54. The minimum atomic E-state index is -0.949. The van der Waals surface area contributed by atoms with Gasteiger partial charge >= 0.3 is 5.97 Å². The van der Waals surface area contributed by atoms with Gasteiger partial charge in [-0.25, -0.2) is 19.1 Å². The number of hydrogen-bond acceptors (Lipinski definition) is 7. The molecule has 0 unspecified atom stereocenters. The summed E-state index contributed by atoms with van der Waals surface area (Å²) in [5.74, 6) is 0.0973. The van der Waals surface area contributed by atoms with Gasteiger partial charge in [-0.15, -0.1) is 5.10 Å². The lowest BCUT2D eigenvalue weighted by Gasteiger charge is -2.04. The first kappa shape index (κ1) is 19.1. The van der Waals surface area contributed by atoms with E-state index in [-0.39, 0.29) is 11.5 Å². The maximum Gasteiger partial charge on any atom is 0.335 e. The molecule has 0 atom stereocenters. The predicted molar refractivity (Wildman–Crippen MR) is 109 cm³/mol. The van der Waals surface area contributed by atoms with Crippen LogP contribution in [0.5, 0.6) is 0 Å². The first-order valence-electron chi connectivity index (χ1n) is 9.14. The number of hydrogen-bond donors (Lipinski definition) is 2. The van der Waals surface area contributed by atoms with Crippen LogP contribution in [-0.2, 0) is 20.0 Å². The van der Waals surface area contributed by atoms with Crippen molar-refractivity contribution < 1.29 is 14.3 Å². The lowest BCUT2D eigenvalue weighted by molar-refractivity contribution is 0.0697. The van der Waals surface area contributed by atoms with Crippen molar-refractivity contribution in [1.82, 2.24) is 29.5 Å². The van der Waals surface area contributed by atoms with Crippen LogP contribution in [0, 0.1) is 0 Å². The summed E-state index contributed by atoms with van der Waals surface area (Å²) in [6.45, 7) is 0.530. The molecule has 4 aromatic rings. The Bertz CT molecular complexity index is 1240. The largest absolute Gasteiger partial charge is 0.478 e. The molecule has 0 aliphatic heterocycles. The molecule has 3 N–H and O–H groups in total. The standard InChI is InChI=1S/C20H19N7O3/c1-26-20(21)24-18-15(11-22-17(25-26)16-3-2-10-30-16)12-23-27(18)9-8-13-4-6-14(7-5-13)19(28)29/h2-7,10-12H,8-9H2,1H3,(H2,21,24)(H,28,29). The molecule has 1 aromatic carbocycles. The van der Waals surface area contributed by atoms with Crippen molar-refractivity contribution in [2.24, 2.45) is 7.05 Å². The van der Waals surface area contributed by atoms with E-state index in [1.54, 1.807) is 66.8 Å². The molecule has 0 aliphatic carbocycles. The molecule has 0 saturated carbocycles. The third-order valence-corrected chi connectivity index (χ3v) is 4.52. The van der Waals surface area contributed by atoms with Gasteiger partial charge in [0, 0.05) is 19.8 Å². The van der Waals surface area contributed by atoms with Crippen LogP contribution in [0.1, 0.15) is 15.9 Å². The number of aromatic nitrogens is 6. The third-order valence-electron chi connectivity index (χ3n) is 4.52. The fraction of sp³-hybridized carbons (Fsp3) is 0.150. The van der Waals surface area contributed by atoms with E-state index in [9.17, 15) is 4.79 Å². The van der Waals surface area contributed by atoms with Crippen LogP contribution in [-0.4, -0.2) is 40.6 Å². The van der Waals surface area contributed by atoms with Crippen LogP contribution in [0.4, 0.5) is 5.95 Å². The molecule has 0 saturated heterocycles. The van der Waals surface area contributed by atoms with Crippen LogP contribution in [0.3, 0.4) is 0 Å². The number of aryl methyl sites for hydroxylation is 3. The Morgan fingerprint density at radius 1 is 1.20 bits per heavy atom. The zero-order valence-electron chi connectivity index (χ0n) is 16.1. The highest BCUT2D eigenvalue weighted by atomic mass is 16.4. The molecule has 4 rings (SSSR count). The Morgan fingerprint density at radius 3 is 2.70 bits per heavy atom. The maximum atomic E-state index is 11.0. The Kier molecular flexibility index (Phi) is 5.12. The molecule has 152 valence electrons. The monoisotopic (exact) mass is 405 g/mol. The number of aromatic carboxylic acids is 1. The second kappa shape index (κ2) is 8.03. The number of carboxylic acid groups (broad SMARTS) is 1. The molecule has 0 amide bonds. The van der Waals surface area contributed by atoms with Crippen LogP contribution < -0.4 is 5.73 Å². The number of furan rings is 1. The summed E-state index contributed by atoms with van der Waals surface area (Å²) >= 11 is 0. The minimum Gasteiger partial charge on any atom is -0.478 e. The van der Waals surface area contributed by atoms with E-state index in [1.165, 1.54) is 4.68 Å². The Labute approximate surface area is 170 Å². The fourth-order valence-electron chi connectivity index (χ4n) is 2.87. The molecule has 0 bridgehead atoms.